The van der Waals surface area contributed by atoms with Gasteiger partial charge in [0.25, 0.3) is 5.56 Å². The van der Waals surface area contributed by atoms with Crippen LogP contribution in [0.15, 0.2) is 85.2 Å². The Labute approximate surface area is 219 Å². The third-order valence-corrected chi connectivity index (χ3v) is 7.24. The van der Waals surface area contributed by atoms with E-state index in [1.807, 2.05) is 0 Å². The first-order valence-electron chi connectivity index (χ1n) is 11.3. The number of anilines is 1. The number of hydrogen-bond acceptors (Lipinski definition) is 9. The lowest BCUT2D eigenvalue weighted by Gasteiger charge is -2.12. The summed E-state index contributed by atoms with van der Waals surface area (Å²) in [4.78, 5) is 43.5. The summed E-state index contributed by atoms with van der Waals surface area (Å²) in [6, 6.07) is 14.0. The average molecular weight is 536 g/mol. The van der Waals surface area contributed by atoms with Crippen LogP contribution in [0.25, 0.3) is 22.2 Å². The average Bonchev–Trinajstić information content (AvgIpc) is 3.67. The zero-order valence-electron chi connectivity index (χ0n) is 19.6. The van der Waals surface area contributed by atoms with Gasteiger partial charge in [-0.15, -0.1) is 11.3 Å². The fourth-order valence-corrected chi connectivity index (χ4v) is 5.47. The van der Waals surface area contributed by atoms with Gasteiger partial charge in [0, 0.05) is 10.9 Å². The number of amides is 1. The van der Waals surface area contributed by atoms with E-state index in [2.05, 4.69) is 10.3 Å². The number of hydrogen-bond donors (Lipinski definition) is 1. The lowest BCUT2D eigenvalue weighted by Crippen LogP contribution is -2.24. The van der Waals surface area contributed by atoms with Gasteiger partial charge in [-0.2, -0.15) is 0 Å². The molecule has 0 atom stereocenters. The third kappa shape index (κ3) is 5.23. The summed E-state index contributed by atoms with van der Waals surface area (Å²) in [6.45, 7) is 2.08. The summed E-state index contributed by atoms with van der Waals surface area (Å²) in [6.07, 6.45) is 3.05. The Hall–Kier alpha value is -4.09. The molecule has 11 heteroatoms. The molecule has 1 amide bonds. The van der Waals surface area contributed by atoms with Crippen LogP contribution in [-0.4, -0.2) is 33.8 Å². The van der Waals surface area contributed by atoms with Crippen molar-refractivity contribution >= 4 is 50.9 Å². The number of nitrogens with one attached hydrogen (secondary N) is 1. The van der Waals surface area contributed by atoms with E-state index >= 15 is 0 Å². The van der Waals surface area contributed by atoms with Crippen molar-refractivity contribution in [2.75, 3.05) is 17.7 Å². The number of thiophene rings is 1. The summed E-state index contributed by atoms with van der Waals surface area (Å²) >= 11 is 2.33. The van der Waals surface area contributed by atoms with E-state index in [-0.39, 0.29) is 35.9 Å². The van der Waals surface area contributed by atoms with E-state index in [0.29, 0.717) is 38.1 Å². The maximum Gasteiger partial charge on any atom is 0.341 e. The van der Waals surface area contributed by atoms with Crippen LogP contribution in [0, 0.1) is 0 Å². The van der Waals surface area contributed by atoms with Crippen molar-refractivity contribution in [2.45, 2.75) is 18.6 Å². The molecule has 0 aliphatic heterocycles. The second-order valence-corrected chi connectivity index (χ2v) is 9.59. The molecule has 0 aliphatic rings. The predicted octanol–water partition coefficient (Wildman–Crippen LogP) is 5.27. The number of rotatable bonds is 9. The first-order valence-corrected chi connectivity index (χ1v) is 13.2. The second-order valence-electron chi connectivity index (χ2n) is 7.77. The number of para-hydroxylation sites is 1. The van der Waals surface area contributed by atoms with Gasteiger partial charge in [-0.1, -0.05) is 23.9 Å². The number of carbonyl (C=O) groups is 2. The molecule has 4 aromatic heterocycles. The Morgan fingerprint density at radius 3 is 2.68 bits per heavy atom. The van der Waals surface area contributed by atoms with E-state index in [1.54, 1.807) is 60.8 Å². The van der Waals surface area contributed by atoms with Crippen molar-refractivity contribution in [3.8, 4) is 11.3 Å². The number of fused-ring (bicyclic) bond motifs is 1. The maximum absolute atomic E-state index is 13.2. The summed E-state index contributed by atoms with van der Waals surface area (Å²) in [5.74, 6) is 0.126. The SMILES string of the molecule is CCOC(=O)c1c(-c2ccco2)csc1NC(=O)CSc1nc2ccccc2c(=O)n1Cc1ccco1. The van der Waals surface area contributed by atoms with E-state index < -0.39 is 5.97 Å². The van der Waals surface area contributed by atoms with Crippen LogP contribution in [-0.2, 0) is 16.1 Å². The molecule has 5 aromatic rings. The molecular formula is C26H21N3O6S2. The monoisotopic (exact) mass is 535 g/mol. The van der Waals surface area contributed by atoms with Gasteiger partial charge in [0.2, 0.25) is 5.91 Å². The van der Waals surface area contributed by atoms with E-state index in [4.69, 9.17) is 13.6 Å². The first kappa shape index (κ1) is 24.6. The lowest BCUT2D eigenvalue weighted by atomic mass is 10.1. The number of ether oxygens (including phenoxy) is 1. The Bertz CT molecular complexity index is 1600. The highest BCUT2D eigenvalue weighted by Crippen LogP contribution is 2.36. The molecule has 0 saturated carbocycles. The number of benzene rings is 1. The molecule has 9 nitrogen and oxygen atoms in total. The molecule has 0 radical (unpaired) electrons. The fourth-order valence-electron chi connectivity index (χ4n) is 3.72. The predicted molar refractivity (Wildman–Crippen MR) is 141 cm³/mol. The van der Waals surface area contributed by atoms with Crippen LogP contribution in [0.5, 0.6) is 0 Å². The van der Waals surface area contributed by atoms with Gasteiger partial charge >= 0.3 is 5.97 Å². The minimum absolute atomic E-state index is 0.0425. The molecule has 0 saturated heterocycles. The number of nitrogens with zero attached hydrogens (tertiary/aromatic N) is 2. The van der Waals surface area contributed by atoms with Gasteiger partial charge in [0.05, 0.1) is 42.3 Å². The summed E-state index contributed by atoms with van der Waals surface area (Å²) in [5.41, 5.74) is 1.09. The molecule has 188 valence electrons. The van der Waals surface area contributed by atoms with Crippen LogP contribution in [0.1, 0.15) is 23.0 Å². The molecule has 1 N–H and O–H groups in total. The molecular weight excluding hydrogens is 514 g/mol. The van der Waals surface area contributed by atoms with E-state index in [0.717, 1.165) is 11.8 Å². The van der Waals surface area contributed by atoms with Crippen LogP contribution in [0.2, 0.25) is 0 Å². The normalized spacial score (nSPS) is 11.1. The van der Waals surface area contributed by atoms with E-state index in [1.165, 1.54) is 28.4 Å². The quantitative estimate of drug-likeness (QED) is 0.154. The van der Waals surface area contributed by atoms with Crippen molar-refractivity contribution in [3.05, 3.63) is 88.1 Å². The minimum atomic E-state index is -0.554. The van der Waals surface area contributed by atoms with Crippen molar-refractivity contribution in [3.63, 3.8) is 0 Å². The van der Waals surface area contributed by atoms with Gasteiger partial charge in [-0.25, -0.2) is 9.78 Å². The summed E-state index contributed by atoms with van der Waals surface area (Å²) < 4.78 is 17.6. The van der Waals surface area contributed by atoms with Crippen molar-refractivity contribution in [2.24, 2.45) is 0 Å². The molecule has 0 bridgehead atoms. The lowest BCUT2D eigenvalue weighted by molar-refractivity contribution is -0.113. The summed E-state index contributed by atoms with van der Waals surface area (Å²) in [7, 11) is 0. The Kier molecular flexibility index (Phi) is 7.24. The van der Waals surface area contributed by atoms with Gasteiger partial charge in [-0.05, 0) is 43.3 Å². The number of esters is 1. The van der Waals surface area contributed by atoms with Crippen LogP contribution >= 0.6 is 23.1 Å². The van der Waals surface area contributed by atoms with Crippen molar-refractivity contribution < 1.29 is 23.2 Å². The number of furan rings is 2. The number of carbonyl (C=O) groups excluding carboxylic acids is 2. The standard InChI is InChI=1S/C26H21N3O6S2/c1-2-33-25(32)22-18(20-10-6-12-35-20)14-36-23(22)28-21(30)15-37-26-27-19-9-4-3-8-17(19)24(31)29(26)13-16-7-5-11-34-16/h3-12,14H,2,13,15H2,1H3,(H,28,30). The van der Waals surface area contributed by atoms with Crippen molar-refractivity contribution in [1.82, 2.24) is 9.55 Å². The Morgan fingerprint density at radius 2 is 1.92 bits per heavy atom. The van der Waals surface area contributed by atoms with Gasteiger partial charge in [0.15, 0.2) is 5.16 Å². The minimum Gasteiger partial charge on any atom is -0.467 e. The van der Waals surface area contributed by atoms with Crippen LogP contribution in [0.3, 0.4) is 0 Å². The Morgan fingerprint density at radius 1 is 1.11 bits per heavy atom. The van der Waals surface area contributed by atoms with Crippen molar-refractivity contribution in [1.29, 1.82) is 0 Å². The highest BCUT2D eigenvalue weighted by molar-refractivity contribution is 7.99. The van der Waals surface area contributed by atoms with Crippen LogP contribution < -0.4 is 10.9 Å². The molecule has 5 rings (SSSR count). The third-order valence-electron chi connectivity index (χ3n) is 5.36. The smallest absolute Gasteiger partial charge is 0.341 e. The molecule has 4 heterocycles. The van der Waals surface area contributed by atoms with Gasteiger partial charge in [0.1, 0.15) is 22.1 Å². The highest BCUT2D eigenvalue weighted by Gasteiger charge is 2.24. The number of aromatic nitrogens is 2. The molecule has 37 heavy (non-hydrogen) atoms. The maximum atomic E-state index is 13.2. The first-order chi connectivity index (χ1) is 18.0. The molecule has 0 spiro atoms. The molecule has 0 fully saturated rings. The number of thioether (sulfide) groups is 1. The fraction of sp³-hybridized carbons (Fsp3) is 0.154. The largest absolute Gasteiger partial charge is 0.467 e. The van der Waals surface area contributed by atoms with E-state index in [9.17, 15) is 14.4 Å². The highest BCUT2D eigenvalue weighted by atomic mass is 32.2. The molecule has 0 aliphatic carbocycles. The summed E-state index contributed by atoms with van der Waals surface area (Å²) in [5, 5.41) is 5.75. The zero-order valence-corrected chi connectivity index (χ0v) is 21.3. The topological polar surface area (TPSA) is 117 Å². The van der Waals surface area contributed by atoms with Crippen LogP contribution in [0.4, 0.5) is 5.00 Å². The van der Waals surface area contributed by atoms with Gasteiger partial charge in [-0.3, -0.25) is 14.2 Å². The Balaban J connectivity index is 1.40. The molecule has 0 unspecified atom stereocenters. The molecule has 1 aromatic carbocycles. The van der Waals surface area contributed by atoms with Gasteiger partial charge < -0.3 is 18.9 Å². The second kappa shape index (κ2) is 10.9. The zero-order chi connectivity index (χ0) is 25.8.